The van der Waals surface area contributed by atoms with Crippen molar-refractivity contribution < 1.29 is 4.74 Å². The summed E-state index contributed by atoms with van der Waals surface area (Å²) in [5.74, 6) is 0.883. The van der Waals surface area contributed by atoms with Gasteiger partial charge in [0.15, 0.2) is 0 Å². The maximum absolute atomic E-state index is 8.93. The van der Waals surface area contributed by atoms with Crippen molar-refractivity contribution in [2.45, 2.75) is 30.4 Å². The van der Waals surface area contributed by atoms with Crippen LogP contribution in [0.25, 0.3) is 0 Å². The van der Waals surface area contributed by atoms with Gasteiger partial charge in [0.05, 0.1) is 13.2 Å². The van der Waals surface area contributed by atoms with Gasteiger partial charge in [-0.2, -0.15) is 5.26 Å². The Morgan fingerprint density at radius 2 is 2.07 bits per heavy atom. The summed E-state index contributed by atoms with van der Waals surface area (Å²) in [6.45, 7) is 5.83. The second-order valence-electron chi connectivity index (χ2n) is 3.86. The zero-order valence-corrected chi connectivity index (χ0v) is 10.3. The van der Waals surface area contributed by atoms with Gasteiger partial charge in [0, 0.05) is 4.90 Å². The van der Waals surface area contributed by atoms with E-state index in [0.717, 1.165) is 16.2 Å². The normalized spacial score (nSPS) is 10.9. The van der Waals surface area contributed by atoms with E-state index in [1.165, 1.54) is 0 Å². The Hall–Kier alpha value is -1.14. The van der Waals surface area contributed by atoms with Crippen molar-refractivity contribution in [3.8, 4) is 11.8 Å². The van der Waals surface area contributed by atoms with Gasteiger partial charge in [-0.15, -0.1) is 11.8 Å². The molecule has 0 spiro atoms. The second-order valence-corrected chi connectivity index (χ2v) is 5.55. The second kappa shape index (κ2) is 4.59. The molecule has 0 aliphatic carbocycles. The molecule has 0 fully saturated rings. The van der Waals surface area contributed by atoms with Gasteiger partial charge in [0.1, 0.15) is 10.5 Å². The van der Waals surface area contributed by atoms with E-state index in [0.29, 0.717) is 0 Å². The summed E-state index contributed by atoms with van der Waals surface area (Å²) in [6, 6.07) is 8.23. The van der Waals surface area contributed by atoms with Gasteiger partial charge >= 0.3 is 0 Å². The minimum Gasteiger partial charge on any atom is -0.496 e. The summed E-state index contributed by atoms with van der Waals surface area (Å²) in [5.41, 5.74) is 1.09. The van der Waals surface area contributed by atoms with Gasteiger partial charge in [-0.25, -0.2) is 0 Å². The van der Waals surface area contributed by atoms with Crippen LogP contribution in [0, 0.1) is 18.3 Å². The number of benzene rings is 1. The third kappa shape index (κ3) is 3.17. The average Bonchev–Trinajstić information content (AvgIpc) is 2.17. The van der Waals surface area contributed by atoms with Crippen LogP contribution in [0.15, 0.2) is 23.1 Å². The summed E-state index contributed by atoms with van der Waals surface area (Å²) in [4.78, 5) is 1.10. The smallest absolute Gasteiger partial charge is 0.121 e. The molecule has 0 aromatic heterocycles. The molecule has 0 radical (unpaired) electrons. The fraction of sp³-hybridized carbons (Fsp3) is 0.417. The Kier molecular flexibility index (Phi) is 3.65. The van der Waals surface area contributed by atoms with Crippen LogP contribution >= 0.6 is 11.8 Å². The van der Waals surface area contributed by atoms with Crippen LogP contribution in [-0.2, 0) is 0 Å². The lowest BCUT2D eigenvalue weighted by Gasteiger charge is -2.15. The van der Waals surface area contributed by atoms with Gasteiger partial charge in [-0.05, 0) is 44.5 Å². The largest absolute Gasteiger partial charge is 0.496 e. The number of hydrogen-bond donors (Lipinski definition) is 0. The Balaban J connectivity index is 2.90. The zero-order valence-electron chi connectivity index (χ0n) is 9.50. The van der Waals surface area contributed by atoms with E-state index in [-0.39, 0.29) is 4.75 Å². The lowest BCUT2D eigenvalue weighted by atomic mass is 10.2. The van der Waals surface area contributed by atoms with Gasteiger partial charge in [-0.1, -0.05) is 0 Å². The average molecular weight is 221 g/mol. The summed E-state index contributed by atoms with van der Waals surface area (Å²) < 4.78 is 4.79. The molecule has 0 saturated carbocycles. The first-order valence-electron chi connectivity index (χ1n) is 4.73. The number of methoxy groups -OCH3 is 1. The number of hydrogen-bond acceptors (Lipinski definition) is 3. The quantitative estimate of drug-likeness (QED) is 0.733. The summed E-state index contributed by atoms with van der Waals surface area (Å²) in [7, 11) is 1.66. The van der Waals surface area contributed by atoms with E-state index in [1.54, 1.807) is 18.9 Å². The van der Waals surface area contributed by atoms with Crippen molar-refractivity contribution in [2.75, 3.05) is 7.11 Å². The highest BCUT2D eigenvalue weighted by Gasteiger charge is 2.18. The van der Waals surface area contributed by atoms with Crippen molar-refractivity contribution in [1.29, 1.82) is 5.26 Å². The molecule has 0 saturated heterocycles. The number of aryl methyl sites for hydroxylation is 1. The van der Waals surface area contributed by atoms with Crippen LogP contribution in [0.1, 0.15) is 19.4 Å². The lowest BCUT2D eigenvalue weighted by Crippen LogP contribution is -2.09. The molecule has 0 unspecified atom stereocenters. The van der Waals surface area contributed by atoms with E-state index in [4.69, 9.17) is 10.00 Å². The molecule has 0 atom stereocenters. The predicted molar refractivity (Wildman–Crippen MR) is 63.3 cm³/mol. The minimum atomic E-state index is -0.388. The standard InChI is InChI=1S/C12H15NOS/c1-9-7-10(5-6-11(9)14-4)15-12(2,3)8-13/h5-7H,1-4H3. The molecule has 1 aromatic carbocycles. The van der Waals surface area contributed by atoms with Crippen LogP contribution in [0.4, 0.5) is 0 Å². The van der Waals surface area contributed by atoms with Gasteiger partial charge in [-0.3, -0.25) is 0 Å². The molecule has 3 heteroatoms. The summed E-state index contributed by atoms with van der Waals surface area (Å²) in [6.07, 6.45) is 0. The Labute approximate surface area is 95.3 Å². The van der Waals surface area contributed by atoms with Crippen molar-refractivity contribution >= 4 is 11.8 Å². The van der Waals surface area contributed by atoms with Crippen molar-refractivity contribution in [2.24, 2.45) is 0 Å². The number of rotatable bonds is 3. The molecule has 0 bridgehead atoms. The maximum Gasteiger partial charge on any atom is 0.121 e. The van der Waals surface area contributed by atoms with Gasteiger partial charge < -0.3 is 4.74 Å². The Bertz CT molecular complexity index is 393. The number of nitrogens with zero attached hydrogens (tertiary/aromatic N) is 1. The predicted octanol–water partition coefficient (Wildman–Crippen LogP) is 3.40. The van der Waals surface area contributed by atoms with Crippen molar-refractivity contribution in [1.82, 2.24) is 0 Å². The molecule has 1 rings (SSSR count). The Morgan fingerprint density at radius 1 is 1.40 bits per heavy atom. The molecule has 0 heterocycles. The minimum absolute atomic E-state index is 0.388. The highest BCUT2D eigenvalue weighted by Crippen LogP contribution is 2.33. The van der Waals surface area contributed by atoms with E-state index in [9.17, 15) is 0 Å². The molecular formula is C12H15NOS. The third-order valence-electron chi connectivity index (χ3n) is 2.01. The molecule has 0 amide bonds. The van der Waals surface area contributed by atoms with Crippen LogP contribution in [0.5, 0.6) is 5.75 Å². The van der Waals surface area contributed by atoms with E-state index in [1.807, 2.05) is 39.0 Å². The first-order chi connectivity index (χ1) is 6.98. The van der Waals surface area contributed by atoms with Crippen LogP contribution in [-0.4, -0.2) is 11.9 Å². The molecule has 0 aliphatic rings. The molecular weight excluding hydrogens is 206 g/mol. The highest BCUT2D eigenvalue weighted by molar-refractivity contribution is 8.00. The lowest BCUT2D eigenvalue weighted by molar-refractivity contribution is 0.411. The van der Waals surface area contributed by atoms with Crippen molar-refractivity contribution in [3.63, 3.8) is 0 Å². The summed E-state index contributed by atoms with van der Waals surface area (Å²) in [5, 5.41) is 8.93. The topological polar surface area (TPSA) is 33.0 Å². The van der Waals surface area contributed by atoms with Crippen LogP contribution in [0.2, 0.25) is 0 Å². The van der Waals surface area contributed by atoms with Crippen molar-refractivity contribution in [3.05, 3.63) is 23.8 Å². The molecule has 0 N–H and O–H groups in total. The Morgan fingerprint density at radius 3 is 2.53 bits per heavy atom. The zero-order chi connectivity index (χ0) is 11.5. The molecule has 1 aromatic rings. The maximum atomic E-state index is 8.93. The van der Waals surface area contributed by atoms with E-state index in [2.05, 4.69) is 6.07 Å². The van der Waals surface area contributed by atoms with Gasteiger partial charge in [0.25, 0.3) is 0 Å². The van der Waals surface area contributed by atoms with E-state index < -0.39 is 0 Å². The highest BCUT2D eigenvalue weighted by atomic mass is 32.2. The first-order valence-corrected chi connectivity index (χ1v) is 5.55. The fourth-order valence-electron chi connectivity index (χ4n) is 1.23. The molecule has 80 valence electrons. The first kappa shape index (κ1) is 11.9. The van der Waals surface area contributed by atoms with Crippen LogP contribution < -0.4 is 4.74 Å². The fourth-order valence-corrected chi connectivity index (χ4v) is 2.24. The number of nitriles is 1. The summed E-state index contributed by atoms with van der Waals surface area (Å²) >= 11 is 1.56. The molecule has 15 heavy (non-hydrogen) atoms. The van der Waals surface area contributed by atoms with Crippen LogP contribution in [0.3, 0.4) is 0 Å². The number of thioether (sulfide) groups is 1. The molecule has 0 aliphatic heterocycles. The van der Waals surface area contributed by atoms with Gasteiger partial charge in [0.2, 0.25) is 0 Å². The molecule has 2 nitrogen and oxygen atoms in total. The SMILES string of the molecule is COc1ccc(SC(C)(C)C#N)cc1C. The van der Waals surface area contributed by atoms with E-state index >= 15 is 0 Å². The number of ether oxygens (including phenoxy) is 1. The monoisotopic (exact) mass is 221 g/mol. The third-order valence-corrected chi connectivity index (χ3v) is 3.10.